The van der Waals surface area contributed by atoms with Gasteiger partial charge in [-0.3, -0.25) is 9.78 Å². The minimum atomic E-state index is -0.426. The molecule has 2 atom stereocenters. The molecule has 3 aromatic heterocycles. The van der Waals surface area contributed by atoms with Crippen molar-refractivity contribution in [1.29, 1.82) is 0 Å². The van der Waals surface area contributed by atoms with Gasteiger partial charge in [0.2, 0.25) is 5.89 Å². The Morgan fingerprint density at radius 2 is 1.87 bits per heavy atom. The third-order valence-electron chi connectivity index (χ3n) is 8.03. The molecule has 226 valence electrons. The van der Waals surface area contributed by atoms with E-state index < -0.39 is 12.0 Å². The van der Waals surface area contributed by atoms with E-state index in [1.165, 1.54) is 7.11 Å². The molecule has 45 heavy (non-hydrogen) atoms. The summed E-state index contributed by atoms with van der Waals surface area (Å²) in [5.74, 6) is 0.0235. The quantitative estimate of drug-likeness (QED) is 0.234. The molecule has 0 spiro atoms. The second kappa shape index (κ2) is 12.3. The molecule has 2 aromatic carbocycles. The van der Waals surface area contributed by atoms with Crippen LogP contribution in [0.1, 0.15) is 75.1 Å². The molecule has 2 aliphatic rings. The lowest BCUT2D eigenvalue weighted by atomic mass is 9.90. The Balaban J connectivity index is 1.36. The summed E-state index contributed by atoms with van der Waals surface area (Å²) >= 11 is 0. The van der Waals surface area contributed by atoms with Crippen molar-refractivity contribution in [3.8, 4) is 22.7 Å². The smallest absolute Gasteiger partial charge is 0.337 e. The van der Waals surface area contributed by atoms with E-state index in [0.717, 1.165) is 41.6 Å². The van der Waals surface area contributed by atoms with E-state index in [9.17, 15) is 9.59 Å². The number of hydrogen-bond donors (Lipinski definition) is 1. The highest BCUT2D eigenvalue weighted by molar-refractivity contribution is 5.97. The SMILES string of the molecule is COC(=O)c1ccc(-c2c(C3Cc4ccccc4C(=O)N3)nn(C3CCCCO3)c2/C=C/c2nnc(-c3ccccn3)o2)cc1. The minimum absolute atomic E-state index is 0.151. The van der Waals surface area contributed by atoms with Crippen LogP contribution in [0.2, 0.25) is 0 Å². The zero-order valence-electron chi connectivity index (χ0n) is 24.6. The number of pyridine rings is 1. The summed E-state index contributed by atoms with van der Waals surface area (Å²) in [5.41, 5.74) is 5.66. The number of ether oxygens (including phenoxy) is 2. The molecular formula is C34H30N6O5. The van der Waals surface area contributed by atoms with E-state index in [1.807, 2.05) is 59.3 Å². The number of carbonyl (C=O) groups is 2. The van der Waals surface area contributed by atoms with Gasteiger partial charge in [-0.05, 0) is 73.2 Å². The first-order valence-corrected chi connectivity index (χ1v) is 14.8. The fourth-order valence-corrected chi connectivity index (χ4v) is 5.83. The molecule has 2 aliphatic heterocycles. The summed E-state index contributed by atoms with van der Waals surface area (Å²) in [6.07, 6.45) is 8.30. The van der Waals surface area contributed by atoms with Crippen LogP contribution in [-0.4, -0.2) is 50.6 Å². The molecule has 1 fully saturated rings. The van der Waals surface area contributed by atoms with Crippen molar-refractivity contribution in [2.24, 2.45) is 0 Å². The van der Waals surface area contributed by atoms with Gasteiger partial charge in [-0.15, -0.1) is 10.2 Å². The van der Waals surface area contributed by atoms with E-state index in [4.69, 9.17) is 19.0 Å². The van der Waals surface area contributed by atoms with Crippen LogP contribution in [0.25, 0.3) is 34.9 Å². The molecule has 5 aromatic rings. The Kier molecular flexibility index (Phi) is 7.75. The maximum Gasteiger partial charge on any atom is 0.337 e. The molecule has 1 amide bonds. The van der Waals surface area contributed by atoms with Gasteiger partial charge in [0.15, 0.2) is 6.23 Å². The van der Waals surface area contributed by atoms with Gasteiger partial charge in [0.1, 0.15) is 5.69 Å². The number of nitrogens with zero attached hydrogens (tertiary/aromatic N) is 5. The number of carbonyl (C=O) groups excluding carboxylic acids is 2. The summed E-state index contributed by atoms with van der Waals surface area (Å²) in [6.45, 7) is 0.622. The summed E-state index contributed by atoms with van der Waals surface area (Å²) in [5, 5.41) is 16.7. The van der Waals surface area contributed by atoms with Crippen LogP contribution in [0.3, 0.4) is 0 Å². The molecule has 2 unspecified atom stereocenters. The minimum Gasteiger partial charge on any atom is -0.465 e. The fraction of sp³-hybridized carbons (Fsp3) is 0.235. The van der Waals surface area contributed by atoms with Crippen LogP contribution >= 0.6 is 0 Å². The summed E-state index contributed by atoms with van der Waals surface area (Å²) in [6, 6.07) is 19.8. The second-order valence-electron chi connectivity index (χ2n) is 10.9. The Labute approximate surface area is 258 Å². The van der Waals surface area contributed by atoms with Crippen LogP contribution in [0.5, 0.6) is 0 Å². The average molecular weight is 603 g/mol. The maximum atomic E-state index is 13.2. The number of aromatic nitrogens is 5. The Hall–Kier alpha value is -5.42. The number of esters is 1. The monoisotopic (exact) mass is 602 g/mol. The zero-order valence-corrected chi connectivity index (χ0v) is 24.6. The van der Waals surface area contributed by atoms with Gasteiger partial charge in [0.05, 0.1) is 30.1 Å². The number of amides is 1. The van der Waals surface area contributed by atoms with Crippen molar-refractivity contribution >= 4 is 24.0 Å². The molecule has 1 saturated heterocycles. The van der Waals surface area contributed by atoms with Crippen LogP contribution < -0.4 is 5.32 Å². The predicted molar refractivity (Wildman–Crippen MR) is 165 cm³/mol. The van der Waals surface area contributed by atoms with E-state index in [1.54, 1.807) is 30.5 Å². The van der Waals surface area contributed by atoms with E-state index in [-0.39, 0.29) is 12.1 Å². The third kappa shape index (κ3) is 5.65. The van der Waals surface area contributed by atoms with Gasteiger partial charge in [0, 0.05) is 30.0 Å². The molecule has 0 radical (unpaired) electrons. The van der Waals surface area contributed by atoms with E-state index >= 15 is 0 Å². The van der Waals surface area contributed by atoms with Crippen LogP contribution in [0, 0.1) is 0 Å². The molecule has 7 rings (SSSR count). The molecule has 0 bridgehead atoms. The Bertz CT molecular complexity index is 1870. The van der Waals surface area contributed by atoms with Crippen LogP contribution in [0.4, 0.5) is 0 Å². The Morgan fingerprint density at radius 3 is 2.64 bits per heavy atom. The first kappa shape index (κ1) is 28.4. The van der Waals surface area contributed by atoms with Gasteiger partial charge >= 0.3 is 5.97 Å². The number of rotatable bonds is 7. The van der Waals surface area contributed by atoms with Crippen LogP contribution in [0.15, 0.2) is 77.3 Å². The van der Waals surface area contributed by atoms with Crippen molar-refractivity contribution in [3.05, 3.63) is 107 Å². The van der Waals surface area contributed by atoms with Gasteiger partial charge in [-0.25, -0.2) is 9.48 Å². The van der Waals surface area contributed by atoms with Crippen molar-refractivity contribution in [3.63, 3.8) is 0 Å². The number of methoxy groups -OCH3 is 1. The highest BCUT2D eigenvalue weighted by atomic mass is 16.5. The fourth-order valence-electron chi connectivity index (χ4n) is 5.83. The molecule has 0 saturated carbocycles. The lowest BCUT2D eigenvalue weighted by Gasteiger charge is -2.25. The van der Waals surface area contributed by atoms with E-state index in [2.05, 4.69) is 20.5 Å². The number of hydrogen-bond acceptors (Lipinski definition) is 9. The van der Waals surface area contributed by atoms with Crippen molar-refractivity contribution in [1.82, 2.24) is 30.3 Å². The second-order valence-corrected chi connectivity index (χ2v) is 10.9. The standard InChI is InChI=1S/C34H30N6O5/c1-43-34(42)22-14-12-21(13-15-22)30-27(16-17-28-37-38-33(45-28)25-10-4-6-18-35-25)40(29-11-5-7-19-44-29)39-31(30)26-20-23-8-2-3-9-24(23)32(41)36-26/h2-4,6,8-10,12-18,26,29H,5,7,11,19-20H2,1H3,(H,36,41)/b17-16+. The maximum absolute atomic E-state index is 13.2. The lowest BCUT2D eigenvalue weighted by Crippen LogP contribution is -2.36. The normalized spacial score (nSPS) is 18.0. The highest BCUT2D eigenvalue weighted by Crippen LogP contribution is 2.39. The molecule has 11 nitrogen and oxygen atoms in total. The van der Waals surface area contributed by atoms with Gasteiger partial charge in [-0.2, -0.15) is 5.10 Å². The lowest BCUT2D eigenvalue weighted by molar-refractivity contribution is -0.0400. The largest absolute Gasteiger partial charge is 0.465 e. The molecule has 1 N–H and O–H groups in total. The van der Waals surface area contributed by atoms with Gasteiger partial charge in [-0.1, -0.05) is 36.4 Å². The summed E-state index contributed by atoms with van der Waals surface area (Å²) < 4.78 is 18.9. The van der Waals surface area contributed by atoms with Crippen molar-refractivity contribution in [2.45, 2.75) is 38.0 Å². The topological polar surface area (TPSA) is 134 Å². The highest BCUT2D eigenvalue weighted by Gasteiger charge is 2.33. The molecule has 11 heteroatoms. The van der Waals surface area contributed by atoms with Gasteiger partial charge in [0.25, 0.3) is 11.8 Å². The Morgan fingerprint density at radius 1 is 1.02 bits per heavy atom. The number of fused-ring (bicyclic) bond motifs is 1. The van der Waals surface area contributed by atoms with Crippen LogP contribution in [-0.2, 0) is 15.9 Å². The predicted octanol–water partition coefficient (Wildman–Crippen LogP) is 5.68. The summed E-state index contributed by atoms with van der Waals surface area (Å²) in [4.78, 5) is 29.7. The van der Waals surface area contributed by atoms with Crippen molar-refractivity contribution < 1.29 is 23.5 Å². The zero-order chi connectivity index (χ0) is 30.8. The first-order chi connectivity index (χ1) is 22.1. The average Bonchev–Trinajstić information content (AvgIpc) is 3.73. The molecule has 5 heterocycles. The summed E-state index contributed by atoms with van der Waals surface area (Å²) in [7, 11) is 1.35. The van der Waals surface area contributed by atoms with Gasteiger partial charge < -0.3 is 19.2 Å². The number of benzene rings is 2. The first-order valence-electron chi connectivity index (χ1n) is 14.8. The number of nitrogens with one attached hydrogen (secondary N) is 1. The molecular weight excluding hydrogens is 572 g/mol. The third-order valence-corrected chi connectivity index (χ3v) is 8.03. The molecule has 0 aliphatic carbocycles. The van der Waals surface area contributed by atoms with E-state index in [0.29, 0.717) is 47.3 Å². The van der Waals surface area contributed by atoms with Crippen molar-refractivity contribution in [2.75, 3.05) is 13.7 Å².